The van der Waals surface area contributed by atoms with Crippen LogP contribution in [0.3, 0.4) is 0 Å². The van der Waals surface area contributed by atoms with Gasteiger partial charge in [0.1, 0.15) is 12.4 Å². The summed E-state index contributed by atoms with van der Waals surface area (Å²) in [6.07, 6.45) is -5.42. The lowest BCUT2D eigenvalue weighted by Gasteiger charge is -2.12. The molecule has 33 heavy (non-hydrogen) atoms. The van der Waals surface area contributed by atoms with Gasteiger partial charge in [-0.2, -0.15) is 17.9 Å². The summed E-state index contributed by atoms with van der Waals surface area (Å²) in [5.41, 5.74) is -0.321. The molecule has 1 heterocycles. The molecule has 0 aliphatic rings. The Balaban J connectivity index is 1.78. The molecular weight excluding hydrogens is 467 g/mol. The number of nitrogens with zero attached hydrogens (tertiary/aromatic N) is 3. The van der Waals surface area contributed by atoms with Crippen LogP contribution < -0.4 is 10.5 Å². The van der Waals surface area contributed by atoms with Crippen LogP contribution in [0.15, 0.2) is 51.7 Å². The van der Waals surface area contributed by atoms with Crippen molar-refractivity contribution in [3.05, 3.63) is 69.2 Å². The highest BCUT2D eigenvalue weighted by atomic mass is 35.5. The number of rotatable bonds is 7. The van der Waals surface area contributed by atoms with Crippen molar-refractivity contribution in [2.24, 2.45) is 0 Å². The van der Waals surface area contributed by atoms with Crippen LogP contribution in [0.5, 0.6) is 5.75 Å². The molecule has 2 aromatic carbocycles. The van der Waals surface area contributed by atoms with Crippen LogP contribution in [0.25, 0.3) is 11.5 Å². The smallest absolute Gasteiger partial charge is 0.433 e. The molecule has 0 saturated heterocycles. The van der Waals surface area contributed by atoms with E-state index in [2.05, 4.69) is 5.10 Å². The third-order valence-electron chi connectivity index (χ3n) is 4.36. The summed E-state index contributed by atoms with van der Waals surface area (Å²) in [5.74, 6) is -0.925. The maximum absolute atomic E-state index is 12.7. The van der Waals surface area contributed by atoms with Gasteiger partial charge < -0.3 is 18.8 Å². The second-order valence-corrected chi connectivity index (χ2v) is 7.60. The molecule has 0 fully saturated rings. The molecule has 12 heteroatoms. The van der Waals surface area contributed by atoms with E-state index in [1.165, 1.54) is 18.2 Å². The number of ether oxygens (including phenoxy) is 2. The number of halogens is 4. The molecule has 0 atom stereocenters. The van der Waals surface area contributed by atoms with Crippen molar-refractivity contribution in [2.45, 2.75) is 12.7 Å². The zero-order valence-electron chi connectivity index (χ0n) is 17.6. The fourth-order valence-corrected chi connectivity index (χ4v) is 2.88. The van der Waals surface area contributed by atoms with Gasteiger partial charge in [0.15, 0.2) is 0 Å². The summed E-state index contributed by atoms with van der Waals surface area (Å²) in [4.78, 5) is 26.0. The Morgan fingerprint density at radius 2 is 1.88 bits per heavy atom. The van der Waals surface area contributed by atoms with E-state index in [0.29, 0.717) is 17.1 Å². The third kappa shape index (κ3) is 6.59. The van der Waals surface area contributed by atoms with Gasteiger partial charge in [-0.15, -0.1) is 5.10 Å². The first kappa shape index (κ1) is 24.3. The van der Waals surface area contributed by atoms with Crippen LogP contribution >= 0.6 is 11.6 Å². The molecule has 176 valence electrons. The highest BCUT2D eigenvalue weighted by molar-refractivity contribution is 6.30. The fraction of sp³-hybridized carbons (Fsp3) is 0.286. The van der Waals surface area contributed by atoms with Crippen molar-refractivity contribution < 1.29 is 31.9 Å². The van der Waals surface area contributed by atoms with Crippen molar-refractivity contribution in [1.29, 1.82) is 0 Å². The van der Waals surface area contributed by atoms with Crippen LogP contribution in [0.1, 0.15) is 11.1 Å². The van der Waals surface area contributed by atoms with Crippen molar-refractivity contribution in [1.82, 2.24) is 14.7 Å². The SMILES string of the molecule is CN(C)CCOC(=O)Oc1ccc(Cl)cc1Cn1nc(-c2ccc(C(F)(F)F)cc2)oc1=O. The minimum atomic E-state index is -4.49. The molecule has 0 saturated carbocycles. The van der Waals surface area contributed by atoms with Gasteiger partial charge in [-0.1, -0.05) is 11.6 Å². The van der Waals surface area contributed by atoms with Gasteiger partial charge in [0.25, 0.3) is 0 Å². The molecule has 0 amide bonds. The summed E-state index contributed by atoms with van der Waals surface area (Å²) in [7, 11) is 3.64. The fourth-order valence-electron chi connectivity index (χ4n) is 2.69. The zero-order valence-corrected chi connectivity index (χ0v) is 18.3. The summed E-state index contributed by atoms with van der Waals surface area (Å²) >= 11 is 6.03. The van der Waals surface area contributed by atoms with Gasteiger partial charge in [0.05, 0.1) is 12.1 Å². The van der Waals surface area contributed by atoms with Gasteiger partial charge in [0, 0.05) is 22.7 Å². The van der Waals surface area contributed by atoms with Gasteiger partial charge in [0.2, 0.25) is 5.89 Å². The molecule has 0 aliphatic heterocycles. The van der Waals surface area contributed by atoms with E-state index in [9.17, 15) is 22.8 Å². The predicted molar refractivity (Wildman–Crippen MR) is 112 cm³/mol. The van der Waals surface area contributed by atoms with Crippen molar-refractivity contribution >= 4 is 17.8 Å². The van der Waals surface area contributed by atoms with Crippen LogP contribution in [-0.2, 0) is 17.5 Å². The quantitative estimate of drug-likeness (QED) is 0.364. The number of likely N-dealkylation sites (N-methyl/N-ethyl adjacent to an activating group) is 1. The first-order valence-corrected chi connectivity index (χ1v) is 9.94. The molecular formula is C21H19ClF3N3O5. The summed E-state index contributed by atoms with van der Waals surface area (Å²) in [6, 6.07) is 8.42. The molecule has 0 unspecified atom stereocenters. The number of hydrogen-bond acceptors (Lipinski definition) is 7. The van der Waals surface area contributed by atoms with Crippen LogP contribution in [0.4, 0.5) is 18.0 Å². The molecule has 0 aliphatic carbocycles. The number of hydrogen-bond donors (Lipinski definition) is 0. The predicted octanol–water partition coefficient (Wildman–Crippen LogP) is 4.30. The third-order valence-corrected chi connectivity index (χ3v) is 4.59. The number of benzene rings is 2. The van der Waals surface area contributed by atoms with Crippen molar-refractivity contribution in [3.8, 4) is 17.2 Å². The first-order chi connectivity index (χ1) is 15.5. The Kier molecular flexibility index (Phi) is 7.44. The largest absolute Gasteiger partial charge is 0.513 e. The van der Waals surface area contributed by atoms with Gasteiger partial charge in [-0.05, 0) is 56.6 Å². The molecule has 3 aromatic rings. The monoisotopic (exact) mass is 485 g/mol. The van der Waals surface area contributed by atoms with Gasteiger partial charge in [-0.25, -0.2) is 9.59 Å². The van der Waals surface area contributed by atoms with E-state index in [-0.39, 0.29) is 30.4 Å². The maximum Gasteiger partial charge on any atom is 0.513 e. The molecule has 0 bridgehead atoms. The van der Waals surface area contributed by atoms with E-state index in [1.807, 2.05) is 19.0 Å². The molecule has 1 aromatic heterocycles. The van der Waals surface area contributed by atoms with Crippen LogP contribution in [0.2, 0.25) is 5.02 Å². The standard InChI is InChI=1S/C21H19ClF3N3O5/c1-27(2)9-10-31-20(30)32-17-8-7-16(22)11-14(17)12-28-19(29)33-18(26-28)13-3-5-15(6-4-13)21(23,24)25/h3-8,11H,9-10,12H2,1-2H3. The van der Waals surface area contributed by atoms with Crippen molar-refractivity contribution in [2.75, 3.05) is 27.2 Å². The summed E-state index contributed by atoms with van der Waals surface area (Å²) in [5, 5.41) is 4.34. The second kappa shape index (κ2) is 10.1. The number of aromatic nitrogens is 2. The minimum absolute atomic E-state index is 0.0974. The molecule has 3 rings (SSSR count). The zero-order chi connectivity index (χ0) is 24.2. The van der Waals surface area contributed by atoms with E-state index >= 15 is 0 Å². The first-order valence-electron chi connectivity index (χ1n) is 9.56. The Hall–Kier alpha value is -3.31. The Labute approximate surface area is 191 Å². The maximum atomic E-state index is 12.7. The topological polar surface area (TPSA) is 86.8 Å². The lowest BCUT2D eigenvalue weighted by atomic mass is 10.1. The summed E-state index contributed by atoms with van der Waals surface area (Å²) < 4.78 is 54.4. The molecule has 0 N–H and O–H groups in total. The number of carbonyl (C=O) groups excluding carboxylic acids is 1. The van der Waals surface area contributed by atoms with Crippen LogP contribution in [0, 0.1) is 0 Å². The average molecular weight is 486 g/mol. The lowest BCUT2D eigenvalue weighted by molar-refractivity contribution is -0.137. The average Bonchev–Trinajstić information content (AvgIpc) is 3.09. The molecule has 8 nitrogen and oxygen atoms in total. The lowest BCUT2D eigenvalue weighted by Crippen LogP contribution is -2.22. The number of carbonyl (C=O) groups is 1. The van der Waals surface area contributed by atoms with Crippen molar-refractivity contribution in [3.63, 3.8) is 0 Å². The van der Waals surface area contributed by atoms with Gasteiger partial charge >= 0.3 is 18.1 Å². The second-order valence-electron chi connectivity index (χ2n) is 7.16. The summed E-state index contributed by atoms with van der Waals surface area (Å²) in [6.45, 7) is 0.446. The highest BCUT2D eigenvalue weighted by Gasteiger charge is 2.30. The van der Waals surface area contributed by atoms with E-state index in [1.54, 1.807) is 0 Å². The van der Waals surface area contributed by atoms with Gasteiger partial charge in [-0.3, -0.25) is 0 Å². The Bertz CT molecular complexity index is 1170. The van der Waals surface area contributed by atoms with E-state index in [0.717, 1.165) is 28.9 Å². The Morgan fingerprint density at radius 1 is 1.18 bits per heavy atom. The molecule has 0 radical (unpaired) electrons. The Morgan fingerprint density at radius 3 is 2.52 bits per heavy atom. The molecule has 0 spiro atoms. The minimum Gasteiger partial charge on any atom is -0.433 e. The van der Waals surface area contributed by atoms with E-state index in [4.69, 9.17) is 25.5 Å². The van der Waals surface area contributed by atoms with Crippen LogP contribution in [-0.4, -0.2) is 48.1 Å². The normalized spacial score (nSPS) is 11.6. The number of alkyl halides is 3. The van der Waals surface area contributed by atoms with E-state index < -0.39 is 23.7 Å². The highest BCUT2D eigenvalue weighted by Crippen LogP contribution is 2.30.